The van der Waals surface area contributed by atoms with Gasteiger partial charge in [0.25, 0.3) is 0 Å². The van der Waals surface area contributed by atoms with Crippen LogP contribution in [0.25, 0.3) is 10.9 Å². The number of rotatable bonds is 5. The van der Waals surface area contributed by atoms with Gasteiger partial charge in [0.15, 0.2) is 0 Å². The maximum absolute atomic E-state index is 12.1. The molecule has 0 aliphatic carbocycles. The van der Waals surface area contributed by atoms with Crippen molar-refractivity contribution in [2.75, 3.05) is 11.1 Å². The number of hydrogen-bond donors (Lipinski definition) is 1. The van der Waals surface area contributed by atoms with E-state index in [9.17, 15) is 10.1 Å². The fourth-order valence-electron chi connectivity index (χ4n) is 2.32. The summed E-state index contributed by atoms with van der Waals surface area (Å²) >= 11 is 4.80. The summed E-state index contributed by atoms with van der Waals surface area (Å²) in [5.74, 6) is 0.491. The van der Waals surface area contributed by atoms with E-state index >= 15 is 0 Å². The van der Waals surface area contributed by atoms with Crippen LogP contribution in [0.4, 0.5) is 5.69 Å². The van der Waals surface area contributed by atoms with Crippen LogP contribution in [-0.2, 0) is 4.79 Å². The molecule has 0 unspecified atom stereocenters. The van der Waals surface area contributed by atoms with Gasteiger partial charge in [-0.3, -0.25) is 4.79 Å². The third-order valence-corrected chi connectivity index (χ3v) is 4.97. The van der Waals surface area contributed by atoms with Gasteiger partial charge in [0.2, 0.25) is 5.91 Å². The lowest BCUT2D eigenvalue weighted by atomic mass is 10.2. The monoisotopic (exact) mass is 411 g/mol. The molecule has 4 nitrogen and oxygen atoms in total. The van der Waals surface area contributed by atoms with Crippen molar-refractivity contribution in [2.45, 2.75) is 11.4 Å². The Morgan fingerprint density at radius 2 is 2.04 bits per heavy atom. The number of pyridine rings is 1. The van der Waals surface area contributed by atoms with Gasteiger partial charge in [-0.2, -0.15) is 5.26 Å². The lowest BCUT2D eigenvalue weighted by Gasteiger charge is -2.07. The number of benzene rings is 2. The van der Waals surface area contributed by atoms with Crippen molar-refractivity contribution in [2.24, 2.45) is 0 Å². The number of thioether (sulfide) groups is 1. The average Bonchev–Trinajstić information content (AvgIpc) is 2.61. The summed E-state index contributed by atoms with van der Waals surface area (Å²) in [6, 6.07) is 19.2. The second kappa shape index (κ2) is 8.15. The average molecular weight is 412 g/mol. The summed E-state index contributed by atoms with van der Waals surface area (Å²) < 4.78 is 0.915. The number of para-hydroxylation sites is 1. The Labute approximate surface area is 158 Å². The van der Waals surface area contributed by atoms with Crippen LogP contribution in [-0.4, -0.2) is 16.6 Å². The van der Waals surface area contributed by atoms with Crippen LogP contribution >= 0.6 is 27.7 Å². The van der Waals surface area contributed by atoms with Crippen LogP contribution in [0.3, 0.4) is 0 Å². The van der Waals surface area contributed by atoms with Gasteiger partial charge in [0.05, 0.1) is 11.1 Å². The van der Waals surface area contributed by atoms with Gasteiger partial charge in [0, 0.05) is 27.7 Å². The zero-order chi connectivity index (χ0) is 17.6. The van der Waals surface area contributed by atoms with Crippen LogP contribution in [0.2, 0.25) is 0 Å². The first-order valence-electron chi connectivity index (χ1n) is 7.64. The Kier molecular flexibility index (Phi) is 5.69. The highest BCUT2D eigenvalue weighted by Crippen LogP contribution is 2.25. The zero-order valence-electron chi connectivity index (χ0n) is 13.2. The third-order valence-electron chi connectivity index (χ3n) is 3.49. The van der Waals surface area contributed by atoms with Crippen LogP contribution in [0, 0.1) is 11.3 Å². The minimum absolute atomic E-state index is 0.0649. The molecule has 0 saturated heterocycles. The number of halogens is 1. The van der Waals surface area contributed by atoms with Crippen LogP contribution in [0.5, 0.6) is 0 Å². The van der Waals surface area contributed by atoms with Gasteiger partial charge < -0.3 is 5.32 Å². The summed E-state index contributed by atoms with van der Waals surface area (Å²) in [4.78, 5) is 16.6. The SMILES string of the molecule is N#Cc1cc2ccccc2nc1SCCC(=O)Nc1cccc(Br)c1. The predicted molar refractivity (Wildman–Crippen MR) is 105 cm³/mol. The van der Waals surface area contributed by atoms with Crippen LogP contribution in [0.1, 0.15) is 12.0 Å². The summed E-state index contributed by atoms with van der Waals surface area (Å²) in [5, 5.41) is 13.8. The van der Waals surface area contributed by atoms with E-state index in [2.05, 4.69) is 32.3 Å². The van der Waals surface area contributed by atoms with Gasteiger partial charge in [-0.05, 0) is 30.3 Å². The molecule has 0 aliphatic rings. The molecule has 3 rings (SSSR count). The van der Waals surface area contributed by atoms with Crippen molar-refractivity contribution in [1.29, 1.82) is 5.26 Å². The normalized spacial score (nSPS) is 10.4. The van der Waals surface area contributed by atoms with E-state index in [1.165, 1.54) is 11.8 Å². The first-order chi connectivity index (χ1) is 12.2. The molecular formula is C19H14BrN3OS. The molecular weight excluding hydrogens is 398 g/mol. The number of aromatic nitrogens is 1. The highest BCUT2D eigenvalue weighted by atomic mass is 79.9. The molecule has 6 heteroatoms. The molecule has 3 aromatic rings. The second-order valence-corrected chi connectivity index (χ2v) is 7.30. The molecule has 0 spiro atoms. The summed E-state index contributed by atoms with van der Waals surface area (Å²) in [6.07, 6.45) is 0.344. The van der Waals surface area contributed by atoms with E-state index in [1.807, 2.05) is 54.6 Å². The molecule has 25 heavy (non-hydrogen) atoms. The zero-order valence-corrected chi connectivity index (χ0v) is 15.6. The quantitative estimate of drug-likeness (QED) is 0.600. The number of carbonyl (C=O) groups excluding carboxylic acids is 1. The van der Waals surface area contributed by atoms with E-state index in [4.69, 9.17) is 0 Å². The van der Waals surface area contributed by atoms with Crippen molar-refractivity contribution < 1.29 is 4.79 Å². The summed E-state index contributed by atoms with van der Waals surface area (Å²) in [5.41, 5.74) is 2.14. The number of fused-ring (bicyclic) bond motifs is 1. The maximum Gasteiger partial charge on any atom is 0.225 e. The molecule has 0 bridgehead atoms. The second-order valence-electron chi connectivity index (χ2n) is 5.30. The summed E-state index contributed by atoms with van der Waals surface area (Å²) in [6.45, 7) is 0. The van der Waals surface area contributed by atoms with Gasteiger partial charge >= 0.3 is 0 Å². The topological polar surface area (TPSA) is 65.8 Å². The lowest BCUT2D eigenvalue weighted by molar-refractivity contribution is -0.115. The number of amides is 1. The lowest BCUT2D eigenvalue weighted by Crippen LogP contribution is -2.12. The molecule has 124 valence electrons. The molecule has 0 aliphatic heterocycles. The van der Waals surface area contributed by atoms with Gasteiger partial charge in [-0.25, -0.2) is 4.98 Å². The minimum atomic E-state index is -0.0649. The number of anilines is 1. The predicted octanol–water partition coefficient (Wildman–Crippen LogP) is 4.99. The van der Waals surface area contributed by atoms with Gasteiger partial charge in [0.1, 0.15) is 11.1 Å². The molecule has 1 N–H and O–H groups in total. The fraction of sp³-hybridized carbons (Fsp3) is 0.105. The Balaban J connectivity index is 1.62. The van der Waals surface area contributed by atoms with Crippen molar-refractivity contribution in [3.05, 3.63) is 64.6 Å². The van der Waals surface area contributed by atoms with Crippen LogP contribution in [0.15, 0.2) is 64.1 Å². The first-order valence-corrected chi connectivity index (χ1v) is 9.41. The fourth-order valence-corrected chi connectivity index (χ4v) is 3.62. The van der Waals surface area contributed by atoms with Crippen LogP contribution < -0.4 is 5.32 Å². The number of nitriles is 1. The van der Waals surface area contributed by atoms with E-state index in [0.717, 1.165) is 21.1 Å². The van der Waals surface area contributed by atoms with E-state index in [0.29, 0.717) is 22.8 Å². The Morgan fingerprint density at radius 3 is 2.84 bits per heavy atom. The standard InChI is InChI=1S/C19H14BrN3OS/c20-15-5-3-6-16(11-15)22-18(24)8-9-25-19-14(12-21)10-13-4-1-2-7-17(13)23-19/h1-7,10-11H,8-9H2,(H,22,24). The number of carbonyl (C=O) groups is 1. The molecule has 1 aromatic heterocycles. The number of hydrogen-bond acceptors (Lipinski definition) is 4. The molecule has 0 saturated carbocycles. The molecule has 1 heterocycles. The first kappa shape index (κ1) is 17.5. The Morgan fingerprint density at radius 1 is 1.20 bits per heavy atom. The smallest absolute Gasteiger partial charge is 0.225 e. The van der Waals surface area contributed by atoms with Crippen molar-refractivity contribution in [3.63, 3.8) is 0 Å². The minimum Gasteiger partial charge on any atom is -0.326 e. The Hall–Kier alpha value is -2.36. The molecule has 1 amide bonds. The van der Waals surface area contributed by atoms with Crippen molar-refractivity contribution in [1.82, 2.24) is 4.98 Å². The maximum atomic E-state index is 12.1. The highest BCUT2D eigenvalue weighted by molar-refractivity contribution is 9.10. The van der Waals surface area contributed by atoms with E-state index in [-0.39, 0.29) is 5.91 Å². The summed E-state index contributed by atoms with van der Waals surface area (Å²) in [7, 11) is 0. The molecule has 0 fully saturated rings. The van der Waals surface area contributed by atoms with E-state index in [1.54, 1.807) is 0 Å². The Bertz CT molecular complexity index is 968. The van der Waals surface area contributed by atoms with Crippen molar-refractivity contribution >= 4 is 50.2 Å². The van der Waals surface area contributed by atoms with Gasteiger partial charge in [-0.15, -0.1) is 11.8 Å². The highest BCUT2D eigenvalue weighted by Gasteiger charge is 2.09. The molecule has 0 radical (unpaired) electrons. The number of nitrogens with zero attached hydrogens (tertiary/aromatic N) is 2. The third kappa shape index (κ3) is 4.59. The van der Waals surface area contributed by atoms with Gasteiger partial charge in [-0.1, -0.05) is 40.2 Å². The van der Waals surface area contributed by atoms with E-state index < -0.39 is 0 Å². The largest absolute Gasteiger partial charge is 0.326 e. The molecule has 2 aromatic carbocycles. The number of nitrogens with one attached hydrogen (secondary N) is 1. The molecule has 0 atom stereocenters. The van der Waals surface area contributed by atoms with Crippen molar-refractivity contribution in [3.8, 4) is 6.07 Å².